The van der Waals surface area contributed by atoms with Crippen molar-refractivity contribution < 1.29 is 13.2 Å². The Labute approximate surface area is 120 Å². The molecule has 0 aliphatic rings. The van der Waals surface area contributed by atoms with Crippen molar-refractivity contribution in [1.29, 1.82) is 0 Å². The van der Waals surface area contributed by atoms with Gasteiger partial charge in [0.15, 0.2) is 9.84 Å². The number of sulfone groups is 1. The van der Waals surface area contributed by atoms with Crippen LogP contribution in [0, 0.1) is 0 Å². The first-order chi connectivity index (χ1) is 9.42. The smallest absolute Gasteiger partial charge is 0.241 e. The Bertz CT molecular complexity index is 555. The first-order valence-corrected chi connectivity index (χ1v) is 8.37. The maximum Gasteiger partial charge on any atom is 0.241 e. The van der Waals surface area contributed by atoms with E-state index < -0.39 is 9.84 Å². The molecular weight excluding hydrogens is 276 g/mol. The number of hydrogen-bond donors (Lipinski definition) is 1. The minimum Gasteiger partial charge on any atom is -0.375 e. The van der Waals surface area contributed by atoms with E-state index in [1.54, 1.807) is 36.2 Å². The topological polar surface area (TPSA) is 66.5 Å². The quantitative estimate of drug-likeness (QED) is 0.833. The van der Waals surface area contributed by atoms with E-state index in [0.29, 0.717) is 18.7 Å². The van der Waals surface area contributed by atoms with Gasteiger partial charge in [-0.25, -0.2) is 8.42 Å². The number of carbonyl (C=O) groups excluding carboxylic acids is 1. The van der Waals surface area contributed by atoms with Crippen molar-refractivity contribution in [2.45, 2.75) is 25.2 Å². The molecule has 20 heavy (non-hydrogen) atoms. The third-order valence-electron chi connectivity index (χ3n) is 3.03. The van der Waals surface area contributed by atoms with Crippen LogP contribution in [0.2, 0.25) is 0 Å². The molecule has 0 bridgehead atoms. The van der Waals surface area contributed by atoms with Crippen LogP contribution >= 0.6 is 0 Å². The Morgan fingerprint density at radius 2 is 1.90 bits per heavy atom. The number of nitrogens with one attached hydrogen (secondary N) is 1. The van der Waals surface area contributed by atoms with Gasteiger partial charge in [0.05, 0.1) is 22.9 Å². The van der Waals surface area contributed by atoms with E-state index in [4.69, 9.17) is 0 Å². The lowest BCUT2D eigenvalue weighted by molar-refractivity contribution is -0.127. The Morgan fingerprint density at radius 3 is 2.50 bits per heavy atom. The van der Waals surface area contributed by atoms with Crippen LogP contribution < -0.4 is 5.32 Å². The van der Waals surface area contributed by atoms with Gasteiger partial charge in [0.2, 0.25) is 5.91 Å². The minimum absolute atomic E-state index is 0.0739. The Hall–Kier alpha value is -1.56. The van der Waals surface area contributed by atoms with E-state index in [1.807, 2.05) is 13.8 Å². The standard InChI is InChI=1S/C14H22N2O3S/c1-4-10-20(18,19)13-9-7-6-8-12(13)15-11-14(17)16(3)5-2/h6-9,15H,4-5,10-11H2,1-3H3. The van der Waals surface area contributed by atoms with Gasteiger partial charge in [-0.1, -0.05) is 19.1 Å². The van der Waals surface area contributed by atoms with Crippen molar-refractivity contribution in [1.82, 2.24) is 4.90 Å². The van der Waals surface area contributed by atoms with E-state index in [1.165, 1.54) is 0 Å². The van der Waals surface area contributed by atoms with Crippen molar-refractivity contribution in [3.05, 3.63) is 24.3 Å². The zero-order valence-electron chi connectivity index (χ0n) is 12.2. The molecule has 0 atom stereocenters. The van der Waals surface area contributed by atoms with Crippen molar-refractivity contribution in [2.24, 2.45) is 0 Å². The van der Waals surface area contributed by atoms with Gasteiger partial charge in [0, 0.05) is 13.6 Å². The molecule has 0 heterocycles. The number of anilines is 1. The monoisotopic (exact) mass is 298 g/mol. The molecule has 6 heteroatoms. The summed E-state index contributed by atoms with van der Waals surface area (Å²) in [6.07, 6.45) is 0.564. The first-order valence-electron chi connectivity index (χ1n) is 6.72. The highest BCUT2D eigenvalue weighted by molar-refractivity contribution is 7.91. The molecule has 5 nitrogen and oxygen atoms in total. The van der Waals surface area contributed by atoms with Gasteiger partial charge in [-0.15, -0.1) is 0 Å². The summed E-state index contributed by atoms with van der Waals surface area (Å²) in [5.74, 6) is 0.0318. The predicted octanol–water partition coefficient (Wildman–Crippen LogP) is 1.76. The molecule has 0 saturated heterocycles. The Morgan fingerprint density at radius 1 is 1.25 bits per heavy atom. The summed E-state index contributed by atoms with van der Waals surface area (Å²) in [6.45, 7) is 4.42. The molecular formula is C14H22N2O3S. The molecule has 1 N–H and O–H groups in total. The van der Waals surface area contributed by atoms with Gasteiger partial charge in [-0.2, -0.15) is 0 Å². The Kier molecular flexibility index (Phi) is 6.01. The van der Waals surface area contributed by atoms with Crippen LogP contribution in [0.5, 0.6) is 0 Å². The molecule has 0 aliphatic carbocycles. The van der Waals surface area contributed by atoms with Gasteiger partial charge < -0.3 is 10.2 Å². The van der Waals surface area contributed by atoms with Gasteiger partial charge >= 0.3 is 0 Å². The lowest BCUT2D eigenvalue weighted by Crippen LogP contribution is -2.32. The first kappa shape index (κ1) is 16.5. The average Bonchev–Trinajstić information content (AvgIpc) is 2.44. The second-order valence-corrected chi connectivity index (χ2v) is 6.65. The van der Waals surface area contributed by atoms with Crippen LogP contribution in [0.25, 0.3) is 0 Å². The van der Waals surface area contributed by atoms with E-state index in [0.717, 1.165) is 0 Å². The summed E-state index contributed by atoms with van der Waals surface area (Å²) >= 11 is 0. The summed E-state index contributed by atoms with van der Waals surface area (Å²) in [7, 11) is -1.59. The normalized spacial score (nSPS) is 11.2. The summed E-state index contributed by atoms with van der Waals surface area (Å²) in [5.41, 5.74) is 0.485. The summed E-state index contributed by atoms with van der Waals surface area (Å²) in [5, 5.41) is 2.92. The lowest BCUT2D eigenvalue weighted by Gasteiger charge is -2.16. The lowest BCUT2D eigenvalue weighted by atomic mass is 10.3. The van der Waals surface area contributed by atoms with Crippen molar-refractivity contribution in [3.63, 3.8) is 0 Å². The fraction of sp³-hybridized carbons (Fsp3) is 0.500. The average molecular weight is 298 g/mol. The summed E-state index contributed by atoms with van der Waals surface area (Å²) in [4.78, 5) is 13.6. The summed E-state index contributed by atoms with van der Waals surface area (Å²) in [6, 6.07) is 6.69. The molecule has 0 fully saturated rings. The third-order valence-corrected chi connectivity index (χ3v) is 5.00. The third kappa shape index (κ3) is 4.23. The zero-order valence-corrected chi connectivity index (χ0v) is 13.0. The number of benzene rings is 1. The van der Waals surface area contributed by atoms with Gasteiger partial charge in [-0.05, 0) is 25.5 Å². The molecule has 0 saturated carbocycles. The Balaban J connectivity index is 2.90. The van der Waals surface area contributed by atoms with Crippen LogP contribution in [0.3, 0.4) is 0 Å². The van der Waals surface area contributed by atoms with Crippen molar-refractivity contribution >= 4 is 21.4 Å². The van der Waals surface area contributed by atoms with Gasteiger partial charge in [0.25, 0.3) is 0 Å². The molecule has 1 aromatic rings. The molecule has 0 spiro atoms. The second-order valence-electron chi connectivity index (χ2n) is 4.58. The fourth-order valence-electron chi connectivity index (χ4n) is 1.74. The molecule has 1 amide bonds. The number of hydrogen-bond acceptors (Lipinski definition) is 4. The van der Waals surface area contributed by atoms with Gasteiger partial charge in [-0.3, -0.25) is 4.79 Å². The molecule has 1 aromatic carbocycles. The predicted molar refractivity (Wildman–Crippen MR) is 80.6 cm³/mol. The second kappa shape index (κ2) is 7.28. The largest absolute Gasteiger partial charge is 0.375 e. The zero-order chi connectivity index (χ0) is 15.2. The fourth-order valence-corrected chi connectivity index (χ4v) is 3.26. The highest BCUT2D eigenvalue weighted by Gasteiger charge is 2.17. The maximum atomic E-state index is 12.2. The van der Waals surface area contributed by atoms with Crippen LogP contribution in [-0.4, -0.2) is 45.1 Å². The van der Waals surface area contributed by atoms with Crippen LogP contribution in [0.4, 0.5) is 5.69 Å². The number of rotatable bonds is 7. The van der Waals surface area contributed by atoms with E-state index >= 15 is 0 Å². The van der Waals surface area contributed by atoms with Crippen LogP contribution in [0.1, 0.15) is 20.3 Å². The van der Waals surface area contributed by atoms with Crippen LogP contribution in [0.15, 0.2) is 29.2 Å². The van der Waals surface area contributed by atoms with E-state index in [9.17, 15) is 13.2 Å². The summed E-state index contributed by atoms with van der Waals surface area (Å²) < 4.78 is 24.3. The van der Waals surface area contributed by atoms with Crippen LogP contribution in [-0.2, 0) is 14.6 Å². The van der Waals surface area contributed by atoms with E-state index in [-0.39, 0.29) is 23.1 Å². The number of nitrogens with zero attached hydrogens (tertiary/aromatic N) is 1. The molecule has 112 valence electrons. The SMILES string of the molecule is CCCS(=O)(=O)c1ccccc1NCC(=O)N(C)CC. The highest BCUT2D eigenvalue weighted by Crippen LogP contribution is 2.22. The maximum absolute atomic E-state index is 12.2. The molecule has 1 rings (SSSR count). The van der Waals surface area contributed by atoms with E-state index in [2.05, 4.69) is 5.32 Å². The molecule has 0 radical (unpaired) electrons. The van der Waals surface area contributed by atoms with Crippen molar-refractivity contribution in [2.75, 3.05) is 31.2 Å². The van der Waals surface area contributed by atoms with Crippen molar-refractivity contribution in [3.8, 4) is 0 Å². The number of para-hydroxylation sites is 1. The highest BCUT2D eigenvalue weighted by atomic mass is 32.2. The molecule has 0 aromatic heterocycles. The number of carbonyl (C=O) groups is 1. The van der Waals surface area contributed by atoms with Gasteiger partial charge in [0.1, 0.15) is 0 Å². The number of likely N-dealkylation sites (N-methyl/N-ethyl adjacent to an activating group) is 1. The minimum atomic E-state index is -3.30. The molecule has 0 aliphatic heterocycles. The molecule has 0 unspecified atom stereocenters. The number of amides is 1.